The highest BCUT2D eigenvalue weighted by Gasteiger charge is 2.23. The van der Waals surface area contributed by atoms with Crippen LogP contribution in [0.15, 0.2) is 47.5 Å². The van der Waals surface area contributed by atoms with E-state index in [-0.39, 0.29) is 21.8 Å². The van der Waals surface area contributed by atoms with Crippen LogP contribution in [0.4, 0.5) is 23.1 Å². The summed E-state index contributed by atoms with van der Waals surface area (Å²) in [5.41, 5.74) is 3.68. The molecule has 1 aliphatic heterocycles. The van der Waals surface area contributed by atoms with Gasteiger partial charge in [0.15, 0.2) is 15.7 Å². The first kappa shape index (κ1) is 29.1. The molecule has 0 radical (unpaired) electrons. The monoisotopic (exact) mass is 571 g/mol. The Morgan fingerprint density at radius 2 is 1.85 bits per heavy atom. The lowest BCUT2D eigenvalue weighted by Gasteiger charge is -2.30. The molecule has 210 valence electrons. The maximum absolute atomic E-state index is 12.8. The van der Waals surface area contributed by atoms with Gasteiger partial charge in [0.25, 0.3) is 0 Å². The largest absolute Gasteiger partial charge is 0.489 e. The Labute approximate surface area is 237 Å². The fraction of sp³-hybridized carbons (Fsp3) is 0.448. The maximum Gasteiger partial charge on any atom is 0.229 e. The zero-order valence-electron chi connectivity index (χ0n) is 23.3. The number of benzene rings is 2. The number of piperidine rings is 1. The average molecular weight is 572 g/mol. The Morgan fingerprint density at radius 3 is 2.54 bits per heavy atom. The van der Waals surface area contributed by atoms with Crippen molar-refractivity contribution in [3.63, 3.8) is 0 Å². The number of rotatable bonds is 10. The molecule has 0 spiro atoms. The van der Waals surface area contributed by atoms with Crippen LogP contribution in [-0.4, -0.2) is 55.3 Å². The minimum absolute atomic E-state index is 0.0106. The van der Waals surface area contributed by atoms with Crippen LogP contribution in [0, 0.1) is 6.92 Å². The second kappa shape index (κ2) is 12.5. The van der Waals surface area contributed by atoms with E-state index in [1.165, 1.54) is 17.3 Å². The van der Waals surface area contributed by atoms with Crippen LogP contribution in [0.25, 0.3) is 0 Å². The molecule has 4 rings (SSSR count). The van der Waals surface area contributed by atoms with Gasteiger partial charge in [0.2, 0.25) is 5.95 Å². The van der Waals surface area contributed by atoms with Crippen molar-refractivity contribution in [1.29, 1.82) is 0 Å². The molecule has 2 heterocycles. The summed E-state index contributed by atoms with van der Waals surface area (Å²) >= 11 is 6.43. The normalized spacial score (nSPS) is 14.9. The highest BCUT2D eigenvalue weighted by atomic mass is 35.5. The molecular weight excluding hydrogens is 534 g/mol. The van der Waals surface area contributed by atoms with Crippen molar-refractivity contribution < 1.29 is 13.2 Å². The Kier molecular flexibility index (Phi) is 9.35. The van der Waals surface area contributed by atoms with E-state index in [2.05, 4.69) is 51.6 Å². The molecule has 8 nitrogen and oxygen atoms in total. The quantitative estimate of drug-likeness (QED) is 0.277. The standard InChI is InChI=1S/C29H38ClN5O3S/c1-6-15-39(36,37)27-10-8-7-9-24(27)32-28-23(30)18-31-29(34-28)33-25-16-20(4)22(17-26(25)38-19(2)3)21-11-13-35(5)14-12-21/h7-10,16-19,21H,6,11-15H2,1-5H3,(H2,31,32,33,34). The number of aromatic nitrogens is 2. The molecule has 1 fully saturated rings. The second-order valence-electron chi connectivity index (χ2n) is 10.4. The number of hydrogen-bond acceptors (Lipinski definition) is 8. The summed E-state index contributed by atoms with van der Waals surface area (Å²) in [6, 6.07) is 11.0. The van der Waals surface area contributed by atoms with Crippen LogP contribution in [0.5, 0.6) is 5.75 Å². The van der Waals surface area contributed by atoms with E-state index in [9.17, 15) is 8.42 Å². The van der Waals surface area contributed by atoms with E-state index < -0.39 is 9.84 Å². The van der Waals surface area contributed by atoms with Gasteiger partial charge in [-0.25, -0.2) is 13.4 Å². The smallest absolute Gasteiger partial charge is 0.229 e. The predicted molar refractivity (Wildman–Crippen MR) is 159 cm³/mol. The Balaban J connectivity index is 1.64. The average Bonchev–Trinajstić information content (AvgIpc) is 2.88. The Hall–Kier alpha value is -2.88. The number of sulfone groups is 1. The molecule has 1 saturated heterocycles. The van der Waals surface area contributed by atoms with Gasteiger partial charge in [-0.15, -0.1) is 0 Å². The summed E-state index contributed by atoms with van der Waals surface area (Å²) in [6.07, 6.45) is 4.25. The van der Waals surface area contributed by atoms with Crippen LogP contribution in [0.1, 0.15) is 57.1 Å². The summed E-state index contributed by atoms with van der Waals surface area (Å²) in [6.45, 7) is 10.1. The van der Waals surface area contributed by atoms with Crippen LogP contribution in [0.3, 0.4) is 0 Å². The van der Waals surface area contributed by atoms with E-state index in [1.807, 2.05) is 20.8 Å². The van der Waals surface area contributed by atoms with Crippen molar-refractivity contribution in [3.8, 4) is 5.75 Å². The van der Waals surface area contributed by atoms with Crippen molar-refractivity contribution in [2.75, 3.05) is 36.5 Å². The SMILES string of the molecule is CCCS(=O)(=O)c1ccccc1Nc1nc(Nc2cc(C)c(C3CCN(C)CC3)cc2OC(C)C)ncc1Cl. The molecule has 1 aromatic heterocycles. The van der Waals surface area contributed by atoms with Gasteiger partial charge in [-0.2, -0.15) is 4.98 Å². The Bertz CT molecular complexity index is 1410. The second-order valence-corrected chi connectivity index (χ2v) is 12.9. The fourth-order valence-electron chi connectivity index (χ4n) is 4.90. The van der Waals surface area contributed by atoms with Crippen LogP contribution in [-0.2, 0) is 9.84 Å². The molecule has 0 unspecified atom stereocenters. The van der Waals surface area contributed by atoms with Gasteiger partial charge in [-0.05, 0) is 101 Å². The number of halogens is 1. The molecule has 3 aromatic rings. The molecule has 2 N–H and O–H groups in total. The van der Waals surface area contributed by atoms with Crippen molar-refractivity contribution in [2.24, 2.45) is 0 Å². The van der Waals surface area contributed by atoms with Crippen molar-refractivity contribution in [2.45, 2.75) is 63.9 Å². The third-order valence-corrected chi connectivity index (χ3v) is 9.08. The van der Waals surface area contributed by atoms with E-state index in [4.69, 9.17) is 16.3 Å². The van der Waals surface area contributed by atoms with Crippen molar-refractivity contribution in [3.05, 3.63) is 58.7 Å². The van der Waals surface area contributed by atoms with Gasteiger partial charge < -0.3 is 20.3 Å². The molecule has 39 heavy (non-hydrogen) atoms. The number of nitrogens with one attached hydrogen (secondary N) is 2. The van der Waals surface area contributed by atoms with Gasteiger partial charge in [0.1, 0.15) is 10.8 Å². The molecule has 1 aliphatic rings. The summed E-state index contributed by atoms with van der Waals surface area (Å²) < 4.78 is 31.8. The van der Waals surface area contributed by atoms with Crippen LogP contribution < -0.4 is 15.4 Å². The Morgan fingerprint density at radius 1 is 1.13 bits per heavy atom. The van der Waals surface area contributed by atoms with Crippen LogP contribution >= 0.6 is 11.6 Å². The third-order valence-electron chi connectivity index (χ3n) is 6.83. The molecule has 0 aliphatic carbocycles. The van der Waals surface area contributed by atoms with Gasteiger partial charge >= 0.3 is 0 Å². The first-order valence-corrected chi connectivity index (χ1v) is 15.5. The number of ether oxygens (including phenoxy) is 1. The van der Waals surface area contributed by atoms with Gasteiger partial charge in [-0.1, -0.05) is 30.7 Å². The first-order chi connectivity index (χ1) is 18.6. The summed E-state index contributed by atoms with van der Waals surface area (Å²) in [5.74, 6) is 1.92. The van der Waals surface area contributed by atoms with Crippen LogP contribution in [0.2, 0.25) is 5.02 Å². The van der Waals surface area contributed by atoms with E-state index in [0.717, 1.165) is 37.4 Å². The van der Waals surface area contributed by atoms with Crippen molar-refractivity contribution >= 4 is 44.6 Å². The number of anilines is 4. The lowest BCUT2D eigenvalue weighted by Crippen LogP contribution is -2.29. The van der Waals surface area contributed by atoms with E-state index in [0.29, 0.717) is 29.8 Å². The molecule has 0 bridgehead atoms. The fourth-order valence-corrected chi connectivity index (χ4v) is 6.53. The summed E-state index contributed by atoms with van der Waals surface area (Å²) in [5, 5.41) is 6.68. The highest BCUT2D eigenvalue weighted by Crippen LogP contribution is 2.38. The highest BCUT2D eigenvalue weighted by molar-refractivity contribution is 7.91. The van der Waals surface area contributed by atoms with E-state index >= 15 is 0 Å². The first-order valence-electron chi connectivity index (χ1n) is 13.5. The third kappa shape index (κ3) is 7.21. The van der Waals surface area contributed by atoms with Crippen molar-refractivity contribution in [1.82, 2.24) is 14.9 Å². The molecule has 0 saturated carbocycles. The topological polar surface area (TPSA) is 96.5 Å². The molecule has 0 amide bonds. The van der Waals surface area contributed by atoms with Gasteiger partial charge in [0, 0.05) is 0 Å². The zero-order chi connectivity index (χ0) is 28.2. The van der Waals surface area contributed by atoms with Gasteiger partial charge in [0.05, 0.1) is 34.3 Å². The number of likely N-dealkylation sites (tertiary alicyclic amines) is 1. The summed E-state index contributed by atoms with van der Waals surface area (Å²) in [4.78, 5) is 11.5. The number of aryl methyl sites for hydroxylation is 1. The minimum atomic E-state index is -3.45. The lowest BCUT2D eigenvalue weighted by molar-refractivity contribution is 0.241. The maximum atomic E-state index is 12.8. The molecular formula is C29H38ClN5O3S. The van der Waals surface area contributed by atoms with Gasteiger partial charge in [-0.3, -0.25) is 0 Å². The minimum Gasteiger partial charge on any atom is -0.489 e. The number of hydrogen-bond donors (Lipinski definition) is 2. The summed E-state index contributed by atoms with van der Waals surface area (Å²) in [7, 11) is -1.29. The zero-order valence-corrected chi connectivity index (χ0v) is 24.9. The molecule has 0 atom stereocenters. The van der Waals surface area contributed by atoms with E-state index in [1.54, 1.807) is 24.3 Å². The lowest BCUT2D eigenvalue weighted by atomic mass is 9.86. The molecule has 2 aromatic carbocycles. The predicted octanol–water partition coefficient (Wildman–Crippen LogP) is 6.71. The number of nitrogens with zero attached hydrogens (tertiary/aromatic N) is 3. The molecule has 10 heteroatoms. The number of para-hydroxylation sites is 1.